The fraction of sp³-hybridized carbons (Fsp3) is 0.294. The van der Waals surface area contributed by atoms with Crippen LogP contribution in [0.1, 0.15) is 29.8 Å². The molecule has 3 aromatic rings. The van der Waals surface area contributed by atoms with E-state index in [-0.39, 0.29) is 12.8 Å². The third-order valence-electron chi connectivity index (χ3n) is 3.64. The number of nitrogens with zero attached hydrogens (tertiary/aromatic N) is 5. The number of esters is 2. The Balaban J connectivity index is 1.39. The molecule has 0 atom stereocenters. The van der Waals surface area contributed by atoms with Gasteiger partial charge >= 0.3 is 11.9 Å². The molecular formula is C17H18N6O3. The number of benzene rings is 1. The SMILES string of the molecule is O=C(CCc1c[nH]nn1)OC(=O)CCc1cn(Cc2ccccc2)nn1. The summed E-state index contributed by atoms with van der Waals surface area (Å²) in [6.07, 6.45) is 4.26. The Morgan fingerprint density at radius 3 is 2.42 bits per heavy atom. The quantitative estimate of drug-likeness (QED) is 0.475. The summed E-state index contributed by atoms with van der Waals surface area (Å²) in [5.41, 5.74) is 2.43. The minimum Gasteiger partial charge on any atom is -0.393 e. The average Bonchev–Trinajstić information content (AvgIpc) is 3.31. The van der Waals surface area contributed by atoms with E-state index in [0.29, 0.717) is 30.8 Å². The van der Waals surface area contributed by atoms with E-state index in [1.165, 1.54) is 0 Å². The Bertz CT molecular complexity index is 845. The topological polar surface area (TPSA) is 116 Å². The standard InChI is InChI=1S/C17H18N6O3/c24-16(8-6-14-10-18-21-19-14)26-17(25)9-7-15-12-23(22-20-15)11-13-4-2-1-3-5-13/h1-5,10,12H,6-9,11H2,(H,18,19,21). The molecule has 2 heterocycles. The molecule has 0 saturated heterocycles. The minimum absolute atomic E-state index is 0.0692. The first-order valence-corrected chi connectivity index (χ1v) is 8.21. The Morgan fingerprint density at radius 2 is 1.73 bits per heavy atom. The van der Waals surface area contributed by atoms with E-state index in [4.69, 9.17) is 4.74 Å². The zero-order valence-corrected chi connectivity index (χ0v) is 14.0. The van der Waals surface area contributed by atoms with E-state index in [1.807, 2.05) is 30.3 Å². The maximum atomic E-state index is 11.8. The van der Waals surface area contributed by atoms with E-state index in [9.17, 15) is 9.59 Å². The van der Waals surface area contributed by atoms with Gasteiger partial charge in [0.15, 0.2) is 0 Å². The summed E-state index contributed by atoms with van der Waals surface area (Å²) in [5.74, 6) is -1.15. The smallest absolute Gasteiger partial charge is 0.313 e. The lowest BCUT2D eigenvalue weighted by atomic mass is 10.2. The van der Waals surface area contributed by atoms with E-state index in [1.54, 1.807) is 17.1 Å². The van der Waals surface area contributed by atoms with Crippen LogP contribution in [0.15, 0.2) is 42.7 Å². The zero-order valence-electron chi connectivity index (χ0n) is 14.0. The molecule has 0 radical (unpaired) electrons. The molecule has 0 saturated carbocycles. The number of H-pyrrole nitrogens is 1. The maximum Gasteiger partial charge on any atom is 0.313 e. The van der Waals surface area contributed by atoms with E-state index >= 15 is 0 Å². The largest absolute Gasteiger partial charge is 0.393 e. The summed E-state index contributed by atoms with van der Waals surface area (Å²) in [6.45, 7) is 0.610. The molecule has 0 bridgehead atoms. The molecular weight excluding hydrogens is 336 g/mol. The molecule has 1 aromatic carbocycles. The molecule has 0 unspecified atom stereocenters. The summed E-state index contributed by atoms with van der Waals surface area (Å²) in [5, 5.41) is 17.9. The van der Waals surface area contributed by atoms with Crippen LogP contribution in [0.5, 0.6) is 0 Å². The highest BCUT2D eigenvalue weighted by atomic mass is 16.6. The number of aryl methyl sites for hydroxylation is 2. The lowest BCUT2D eigenvalue weighted by molar-refractivity contribution is -0.159. The number of hydrogen-bond acceptors (Lipinski definition) is 7. The van der Waals surface area contributed by atoms with E-state index in [0.717, 1.165) is 5.56 Å². The normalized spacial score (nSPS) is 10.6. The number of ether oxygens (including phenoxy) is 1. The Labute approximate surface area is 149 Å². The third-order valence-corrected chi connectivity index (χ3v) is 3.64. The van der Waals surface area contributed by atoms with Gasteiger partial charge in [-0.3, -0.25) is 14.7 Å². The van der Waals surface area contributed by atoms with Gasteiger partial charge in [0, 0.05) is 25.2 Å². The Kier molecular flexibility index (Phi) is 5.81. The van der Waals surface area contributed by atoms with Crippen LogP contribution in [0, 0.1) is 0 Å². The molecule has 0 fully saturated rings. The van der Waals surface area contributed by atoms with Crippen molar-refractivity contribution >= 4 is 11.9 Å². The number of carbonyl (C=O) groups is 2. The summed E-state index contributed by atoms with van der Waals surface area (Å²) in [6, 6.07) is 9.88. The summed E-state index contributed by atoms with van der Waals surface area (Å²) in [7, 11) is 0. The molecule has 1 N–H and O–H groups in total. The first kappa shape index (κ1) is 17.5. The third kappa shape index (κ3) is 5.33. The summed E-state index contributed by atoms with van der Waals surface area (Å²) in [4.78, 5) is 23.4. The summed E-state index contributed by atoms with van der Waals surface area (Å²) >= 11 is 0. The number of rotatable bonds is 8. The van der Waals surface area contributed by atoms with Crippen molar-refractivity contribution < 1.29 is 14.3 Å². The van der Waals surface area contributed by atoms with Crippen LogP contribution >= 0.6 is 0 Å². The van der Waals surface area contributed by atoms with E-state index < -0.39 is 11.9 Å². The van der Waals surface area contributed by atoms with Crippen LogP contribution < -0.4 is 0 Å². The van der Waals surface area contributed by atoms with Crippen LogP contribution in [0.2, 0.25) is 0 Å². The molecule has 0 amide bonds. The molecule has 9 heteroatoms. The number of hydrogen-bond donors (Lipinski definition) is 1. The van der Waals surface area contributed by atoms with Crippen molar-refractivity contribution in [2.24, 2.45) is 0 Å². The number of nitrogens with one attached hydrogen (secondary N) is 1. The van der Waals surface area contributed by atoms with Crippen LogP contribution in [0.25, 0.3) is 0 Å². The molecule has 26 heavy (non-hydrogen) atoms. The van der Waals surface area contributed by atoms with Crippen molar-refractivity contribution in [3.05, 3.63) is 59.7 Å². The predicted octanol–water partition coefficient (Wildman–Crippen LogP) is 1.08. The molecule has 9 nitrogen and oxygen atoms in total. The lowest BCUT2D eigenvalue weighted by Gasteiger charge is -2.01. The Hall–Kier alpha value is -3.36. The van der Waals surface area contributed by atoms with Crippen molar-refractivity contribution in [2.45, 2.75) is 32.2 Å². The van der Waals surface area contributed by atoms with Gasteiger partial charge in [-0.15, -0.1) is 10.2 Å². The van der Waals surface area contributed by atoms with Crippen LogP contribution in [0.4, 0.5) is 0 Å². The van der Waals surface area contributed by atoms with Gasteiger partial charge in [-0.25, -0.2) is 4.68 Å². The van der Waals surface area contributed by atoms with Gasteiger partial charge < -0.3 is 4.74 Å². The zero-order chi connectivity index (χ0) is 18.2. The molecule has 0 aliphatic rings. The maximum absolute atomic E-state index is 11.8. The van der Waals surface area contributed by atoms with Gasteiger partial charge in [0.2, 0.25) is 0 Å². The van der Waals surface area contributed by atoms with Gasteiger partial charge in [-0.05, 0) is 5.56 Å². The van der Waals surface area contributed by atoms with Crippen molar-refractivity contribution in [2.75, 3.05) is 0 Å². The highest BCUT2D eigenvalue weighted by Crippen LogP contribution is 2.05. The Morgan fingerprint density at radius 1 is 1.00 bits per heavy atom. The second-order valence-corrected chi connectivity index (χ2v) is 5.70. The highest BCUT2D eigenvalue weighted by molar-refractivity contribution is 5.85. The van der Waals surface area contributed by atoms with Crippen LogP contribution in [-0.2, 0) is 33.7 Å². The number of aromatic nitrogens is 6. The fourth-order valence-electron chi connectivity index (χ4n) is 2.34. The molecule has 3 rings (SSSR count). The van der Waals surface area contributed by atoms with Gasteiger partial charge in [0.25, 0.3) is 0 Å². The lowest BCUT2D eigenvalue weighted by Crippen LogP contribution is -2.13. The van der Waals surface area contributed by atoms with Crippen molar-refractivity contribution in [1.82, 2.24) is 30.4 Å². The molecule has 0 spiro atoms. The summed E-state index contributed by atoms with van der Waals surface area (Å²) < 4.78 is 6.49. The average molecular weight is 354 g/mol. The molecule has 2 aromatic heterocycles. The van der Waals surface area contributed by atoms with Gasteiger partial charge in [-0.2, -0.15) is 0 Å². The van der Waals surface area contributed by atoms with Crippen LogP contribution in [-0.4, -0.2) is 42.3 Å². The van der Waals surface area contributed by atoms with Gasteiger partial charge in [0.05, 0.1) is 30.8 Å². The number of aromatic amines is 1. The predicted molar refractivity (Wildman–Crippen MR) is 89.7 cm³/mol. The first-order chi connectivity index (χ1) is 12.7. The first-order valence-electron chi connectivity index (χ1n) is 8.21. The van der Waals surface area contributed by atoms with Gasteiger partial charge in [-0.1, -0.05) is 40.8 Å². The number of carbonyl (C=O) groups excluding carboxylic acids is 2. The second kappa shape index (κ2) is 8.65. The monoisotopic (exact) mass is 354 g/mol. The van der Waals surface area contributed by atoms with E-state index in [2.05, 4.69) is 25.7 Å². The van der Waals surface area contributed by atoms with Crippen molar-refractivity contribution in [3.8, 4) is 0 Å². The molecule has 0 aliphatic carbocycles. The highest BCUT2D eigenvalue weighted by Gasteiger charge is 2.12. The van der Waals surface area contributed by atoms with Crippen molar-refractivity contribution in [3.63, 3.8) is 0 Å². The van der Waals surface area contributed by atoms with Crippen molar-refractivity contribution in [1.29, 1.82) is 0 Å². The van der Waals surface area contributed by atoms with Crippen LogP contribution in [0.3, 0.4) is 0 Å². The fourth-order valence-corrected chi connectivity index (χ4v) is 2.34. The molecule has 134 valence electrons. The molecule has 0 aliphatic heterocycles. The van der Waals surface area contributed by atoms with Gasteiger partial charge in [0.1, 0.15) is 0 Å². The second-order valence-electron chi connectivity index (χ2n) is 5.70. The minimum atomic E-state index is -0.578.